The molecule has 1 unspecified atom stereocenters. The van der Waals surface area contributed by atoms with Crippen LogP contribution < -0.4 is 5.32 Å². The molecule has 0 radical (unpaired) electrons. The fourth-order valence-electron chi connectivity index (χ4n) is 5.48. The Morgan fingerprint density at radius 1 is 1.03 bits per heavy atom. The number of nitrogens with zero attached hydrogens (tertiary/aromatic N) is 2. The molecule has 1 spiro atoms. The minimum Gasteiger partial charge on any atom is -0.381 e. The second kappa shape index (κ2) is 8.31. The fourth-order valence-corrected chi connectivity index (χ4v) is 5.48. The Hall–Kier alpha value is -1.92. The van der Waals surface area contributed by atoms with Crippen molar-refractivity contribution >= 4 is 11.8 Å². The second-order valence-corrected chi connectivity index (χ2v) is 9.84. The lowest BCUT2D eigenvalue weighted by atomic mass is 9.70. The first-order valence-corrected chi connectivity index (χ1v) is 11.5. The first-order valence-electron chi connectivity index (χ1n) is 11.5. The zero-order chi connectivity index (χ0) is 20.6. The molecule has 1 aromatic rings. The van der Waals surface area contributed by atoms with Crippen molar-refractivity contribution in [2.24, 2.45) is 23.2 Å². The Morgan fingerprint density at radius 2 is 1.77 bits per heavy atom. The van der Waals surface area contributed by atoms with E-state index >= 15 is 0 Å². The van der Waals surface area contributed by atoms with Crippen molar-refractivity contribution in [3.63, 3.8) is 0 Å². The molecule has 1 aliphatic carbocycles. The van der Waals surface area contributed by atoms with Gasteiger partial charge in [0.25, 0.3) is 0 Å². The summed E-state index contributed by atoms with van der Waals surface area (Å²) < 4.78 is 5.41. The molecule has 5 rings (SSSR count). The third-order valence-corrected chi connectivity index (χ3v) is 7.44. The van der Waals surface area contributed by atoms with Gasteiger partial charge < -0.3 is 15.0 Å². The zero-order valence-electron chi connectivity index (χ0n) is 17.7. The lowest BCUT2D eigenvalue weighted by Crippen LogP contribution is -2.65. The van der Waals surface area contributed by atoms with E-state index in [2.05, 4.69) is 34.5 Å². The lowest BCUT2D eigenvalue weighted by molar-refractivity contribution is -0.155. The van der Waals surface area contributed by atoms with Gasteiger partial charge >= 0.3 is 0 Å². The Kier molecular flexibility index (Phi) is 5.54. The van der Waals surface area contributed by atoms with E-state index in [0.29, 0.717) is 19.1 Å². The van der Waals surface area contributed by atoms with Gasteiger partial charge in [0, 0.05) is 63.8 Å². The Bertz CT molecular complexity index is 767. The van der Waals surface area contributed by atoms with E-state index in [-0.39, 0.29) is 29.1 Å². The number of amides is 2. The molecule has 162 valence electrons. The van der Waals surface area contributed by atoms with Gasteiger partial charge in [0.1, 0.15) is 0 Å². The van der Waals surface area contributed by atoms with Gasteiger partial charge in [-0.15, -0.1) is 0 Å². The smallest absolute Gasteiger partial charge is 0.225 e. The number of rotatable bonds is 6. The van der Waals surface area contributed by atoms with Crippen LogP contribution >= 0.6 is 0 Å². The van der Waals surface area contributed by atoms with Gasteiger partial charge in [-0.05, 0) is 37.2 Å². The molecular formula is C24H33N3O3. The van der Waals surface area contributed by atoms with Crippen LogP contribution in [0.3, 0.4) is 0 Å². The van der Waals surface area contributed by atoms with Gasteiger partial charge in [-0.1, -0.05) is 30.3 Å². The lowest BCUT2D eigenvalue weighted by Gasteiger charge is -2.51. The maximum Gasteiger partial charge on any atom is 0.225 e. The van der Waals surface area contributed by atoms with Gasteiger partial charge in [-0.2, -0.15) is 0 Å². The van der Waals surface area contributed by atoms with Crippen LogP contribution in [0.15, 0.2) is 30.3 Å². The molecule has 3 saturated heterocycles. The van der Waals surface area contributed by atoms with Crippen molar-refractivity contribution in [3.8, 4) is 0 Å². The third-order valence-electron chi connectivity index (χ3n) is 7.44. The van der Waals surface area contributed by atoms with Gasteiger partial charge in [0.2, 0.25) is 11.8 Å². The molecule has 1 atom stereocenters. The largest absolute Gasteiger partial charge is 0.381 e. The van der Waals surface area contributed by atoms with Crippen LogP contribution in [0.5, 0.6) is 0 Å². The van der Waals surface area contributed by atoms with E-state index < -0.39 is 0 Å². The first kappa shape index (κ1) is 20.0. The normalized spacial score (nSPS) is 26.5. The highest BCUT2D eigenvalue weighted by molar-refractivity contribution is 5.83. The van der Waals surface area contributed by atoms with E-state index in [4.69, 9.17) is 4.74 Å². The number of likely N-dealkylation sites (tertiary alicyclic amines) is 2. The molecule has 3 heterocycles. The number of carbonyl (C=O) groups excluding carboxylic acids is 2. The maximum atomic E-state index is 13.1. The van der Waals surface area contributed by atoms with Crippen molar-refractivity contribution in [1.82, 2.24) is 15.1 Å². The summed E-state index contributed by atoms with van der Waals surface area (Å²) in [6.07, 6.45) is 4.13. The van der Waals surface area contributed by atoms with Crippen molar-refractivity contribution in [1.29, 1.82) is 0 Å². The number of ether oxygens (including phenoxy) is 1. The van der Waals surface area contributed by atoms with Crippen LogP contribution in [0.4, 0.5) is 0 Å². The summed E-state index contributed by atoms with van der Waals surface area (Å²) in [5, 5.41) is 3.22. The van der Waals surface area contributed by atoms with E-state index in [1.165, 1.54) is 18.4 Å². The van der Waals surface area contributed by atoms with Crippen LogP contribution in [0.1, 0.15) is 31.2 Å². The molecule has 2 amide bonds. The van der Waals surface area contributed by atoms with E-state index in [1.54, 1.807) is 0 Å². The summed E-state index contributed by atoms with van der Waals surface area (Å²) in [6, 6.07) is 10.5. The molecule has 30 heavy (non-hydrogen) atoms. The Morgan fingerprint density at radius 3 is 2.47 bits per heavy atom. The number of hydrogen-bond donors (Lipinski definition) is 1. The molecule has 4 fully saturated rings. The standard InChI is InChI=1S/C24H33N3O3/c28-22(25-12-18-6-7-18)21-14-26(13-19-4-2-1-3-5-19)15-24(21)16-27(17-24)23(29)20-8-10-30-11-9-20/h1-5,18,20-21H,6-17H2,(H,25,28). The summed E-state index contributed by atoms with van der Waals surface area (Å²) in [5.74, 6) is 1.21. The van der Waals surface area contributed by atoms with Crippen molar-refractivity contribution in [2.75, 3.05) is 45.9 Å². The molecule has 1 saturated carbocycles. The third kappa shape index (κ3) is 4.12. The summed E-state index contributed by atoms with van der Waals surface area (Å²) >= 11 is 0. The van der Waals surface area contributed by atoms with Gasteiger partial charge in [-0.3, -0.25) is 14.5 Å². The molecule has 1 N–H and O–H groups in total. The van der Waals surface area contributed by atoms with Crippen molar-refractivity contribution in [3.05, 3.63) is 35.9 Å². The fraction of sp³-hybridized carbons (Fsp3) is 0.667. The Labute approximate surface area is 178 Å². The SMILES string of the molecule is O=C(NCC1CC1)C1CN(Cc2ccccc2)CC12CN(C(=O)C1CCOCC1)C2. The van der Waals surface area contributed by atoms with E-state index in [9.17, 15) is 9.59 Å². The van der Waals surface area contributed by atoms with Crippen LogP contribution in [0, 0.1) is 23.2 Å². The zero-order valence-corrected chi connectivity index (χ0v) is 17.7. The molecule has 3 aliphatic heterocycles. The highest BCUT2D eigenvalue weighted by atomic mass is 16.5. The van der Waals surface area contributed by atoms with Crippen molar-refractivity contribution in [2.45, 2.75) is 32.2 Å². The number of carbonyl (C=O) groups is 2. The van der Waals surface area contributed by atoms with Gasteiger partial charge in [0.05, 0.1) is 5.92 Å². The minimum absolute atomic E-state index is 0.0290. The van der Waals surface area contributed by atoms with Crippen LogP contribution in [-0.4, -0.2) is 67.6 Å². The van der Waals surface area contributed by atoms with Gasteiger partial charge in [-0.25, -0.2) is 0 Å². The number of benzene rings is 1. The molecule has 1 aromatic carbocycles. The maximum absolute atomic E-state index is 13.1. The van der Waals surface area contributed by atoms with Crippen molar-refractivity contribution < 1.29 is 14.3 Å². The Balaban J connectivity index is 1.25. The average Bonchev–Trinajstić information content (AvgIpc) is 3.51. The first-order chi connectivity index (χ1) is 14.6. The topological polar surface area (TPSA) is 61.9 Å². The highest BCUT2D eigenvalue weighted by Crippen LogP contribution is 2.45. The minimum atomic E-state index is -0.0940. The van der Waals surface area contributed by atoms with Gasteiger partial charge in [0.15, 0.2) is 0 Å². The van der Waals surface area contributed by atoms with E-state index in [1.807, 2.05) is 11.0 Å². The van der Waals surface area contributed by atoms with Crippen LogP contribution in [0.25, 0.3) is 0 Å². The second-order valence-electron chi connectivity index (χ2n) is 9.84. The van der Waals surface area contributed by atoms with Crippen LogP contribution in [0.2, 0.25) is 0 Å². The predicted octanol–water partition coefficient (Wildman–Crippen LogP) is 1.90. The molecule has 6 nitrogen and oxygen atoms in total. The molecule has 4 aliphatic rings. The molecule has 0 aromatic heterocycles. The number of nitrogens with one attached hydrogen (secondary N) is 1. The monoisotopic (exact) mass is 411 g/mol. The number of hydrogen-bond acceptors (Lipinski definition) is 4. The molecule has 0 bridgehead atoms. The summed E-state index contributed by atoms with van der Waals surface area (Å²) in [7, 11) is 0. The predicted molar refractivity (Wildman–Crippen MR) is 113 cm³/mol. The van der Waals surface area contributed by atoms with E-state index in [0.717, 1.165) is 52.1 Å². The average molecular weight is 412 g/mol. The summed E-state index contributed by atoms with van der Waals surface area (Å²) in [4.78, 5) is 30.5. The quantitative estimate of drug-likeness (QED) is 0.777. The highest BCUT2D eigenvalue weighted by Gasteiger charge is 2.58. The summed E-state index contributed by atoms with van der Waals surface area (Å²) in [6.45, 7) is 6.16. The summed E-state index contributed by atoms with van der Waals surface area (Å²) in [5.41, 5.74) is 1.18. The molecule has 6 heteroatoms. The van der Waals surface area contributed by atoms with Crippen LogP contribution in [-0.2, 0) is 20.9 Å². The molecular weight excluding hydrogens is 378 g/mol.